The fraction of sp³-hybridized carbons (Fsp3) is 1.00. The van der Waals surface area contributed by atoms with Crippen LogP contribution < -0.4 is 0 Å². The van der Waals surface area contributed by atoms with Crippen LogP contribution >= 0.6 is 0 Å². The molecule has 0 aromatic rings. The third-order valence-corrected chi connectivity index (χ3v) is 4.68. The van der Waals surface area contributed by atoms with Gasteiger partial charge in [-0.25, -0.2) is 0 Å². The SMILES string of the molecule is CC(C)[C@@H]1CC2(CCCC2)CN1C(C)C. The Bertz CT molecular complexity index is 195. The normalized spacial score (nSPS) is 31.2. The van der Waals surface area contributed by atoms with Gasteiger partial charge in [-0.3, -0.25) is 4.90 Å². The predicted octanol–water partition coefficient (Wildman–Crippen LogP) is 3.69. The summed E-state index contributed by atoms with van der Waals surface area (Å²) in [5.74, 6) is 0.826. The second-order valence-corrected chi connectivity index (χ2v) is 6.49. The van der Waals surface area contributed by atoms with Crippen LogP contribution in [0.25, 0.3) is 0 Å². The highest BCUT2D eigenvalue weighted by molar-refractivity contribution is 5.00. The average Bonchev–Trinajstić information content (AvgIpc) is 2.74. The maximum absolute atomic E-state index is 2.77. The third-order valence-electron chi connectivity index (χ3n) is 4.68. The van der Waals surface area contributed by atoms with Gasteiger partial charge in [0.05, 0.1) is 0 Å². The summed E-state index contributed by atoms with van der Waals surface area (Å²) in [6, 6.07) is 1.58. The van der Waals surface area contributed by atoms with Crippen LogP contribution in [-0.2, 0) is 0 Å². The summed E-state index contributed by atoms with van der Waals surface area (Å²) in [6.07, 6.45) is 7.44. The smallest absolute Gasteiger partial charge is 0.0127 e. The zero-order chi connectivity index (χ0) is 11.1. The Labute approximate surface area is 95.2 Å². The first kappa shape index (κ1) is 11.4. The molecule has 1 saturated carbocycles. The molecule has 0 radical (unpaired) electrons. The molecule has 1 spiro atoms. The van der Waals surface area contributed by atoms with Gasteiger partial charge in [0, 0.05) is 18.6 Å². The Morgan fingerprint density at radius 2 is 1.67 bits per heavy atom. The Hall–Kier alpha value is -0.0400. The van der Waals surface area contributed by atoms with E-state index in [1.165, 1.54) is 38.6 Å². The van der Waals surface area contributed by atoms with Gasteiger partial charge in [-0.2, -0.15) is 0 Å². The van der Waals surface area contributed by atoms with Crippen molar-refractivity contribution in [3.05, 3.63) is 0 Å². The van der Waals surface area contributed by atoms with Crippen LogP contribution in [0.15, 0.2) is 0 Å². The molecule has 15 heavy (non-hydrogen) atoms. The largest absolute Gasteiger partial charge is 0.297 e. The van der Waals surface area contributed by atoms with E-state index in [4.69, 9.17) is 0 Å². The van der Waals surface area contributed by atoms with E-state index in [0.29, 0.717) is 0 Å². The van der Waals surface area contributed by atoms with Crippen LogP contribution in [0.2, 0.25) is 0 Å². The molecule has 1 atom stereocenters. The van der Waals surface area contributed by atoms with Crippen molar-refractivity contribution in [2.24, 2.45) is 11.3 Å². The fourth-order valence-electron chi connectivity index (χ4n) is 3.80. The molecule has 0 amide bonds. The molecule has 1 saturated heterocycles. The highest BCUT2D eigenvalue weighted by atomic mass is 15.2. The Morgan fingerprint density at radius 1 is 1.07 bits per heavy atom. The minimum Gasteiger partial charge on any atom is -0.297 e. The molecular formula is C14H27N. The van der Waals surface area contributed by atoms with Gasteiger partial charge in [-0.15, -0.1) is 0 Å². The van der Waals surface area contributed by atoms with Crippen molar-refractivity contribution in [2.75, 3.05) is 6.54 Å². The zero-order valence-corrected chi connectivity index (χ0v) is 10.9. The quantitative estimate of drug-likeness (QED) is 0.670. The van der Waals surface area contributed by atoms with Crippen LogP contribution in [0, 0.1) is 11.3 Å². The Kier molecular flexibility index (Phi) is 3.12. The summed E-state index contributed by atoms with van der Waals surface area (Å²) in [5.41, 5.74) is 0.721. The summed E-state index contributed by atoms with van der Waals surface area (Å²) in [6.45, 7) is 10.9. The molecule has 1 aliphatic carbocycles. The highest BCUT2D eigenvalue weighted by Crippen LogP contribution is 2.49. The van der Waals surface area contributed by atoms with Crippen molar-refractivity contribution in [3.8, 4) is 0 Å². The van der Waals surface area contributed by atoms with Crippen molar-refractivity contribution < 1.29 is 0 Å². The van der Waals surface area contributed by atoms with E-state index in [9.17, 15) is 0 Å². The van der Waals surface area contributed by atoms with E-state index >= 15 is 0 Å². The van der Waals surface area contributed by atoms with Gasteiger partial charge in [0.25, 0.3) is 0 Å². The molecule has 1 nitrogen and oxygen atoms in total. The molecule has 0 unspecified atom stereocenters. The van der Waals surface area contributed by atoms with Crippen molar-refractivity contribution >= 4 is 0 Å². The highest BCUT2D eigenvalue weighted by Gasteiger charge is 2.46. The maximum Gasteiger partial charge on any atom is 0.0127 e. The zero-order valence-electron chi connectivity index (χ0n) is 10.9. The van der Waals surface area contributed by atoms with Gasteiger partial charge in [-0.05, 0) is 44.4 Å². The second-order valence-electron chi connectivity index (χ2n) is 6.49. The topological polar surface area (TPSA) is 3.24 Å². The van der Waals surface area contributed by atoms with E-state index in [1.807, 2.05) is 0 Å². The van der Waals surface area contributed by atoms with Crippen molar-refractivity contribution in [1.82, 2.24) is 4.90 Å². The molecule has 0 bridgehead atoms. The van der Waals surface area contributed by atoms with Gasteiger partial charge in [0.1, 0.15) is 0 Å². The minimum atomic E-state index is 0.721. The number of likely N-dealkylation sites (tertiary alicyclic amines) is 1. The summed E-state index contributed by atoms with van der Waals surface area (Å²) < 4.78 is 0. The molecule has 2 aliphatic rings. The summed E-state index contributed by atoms with van der Waals surface area (Å²) in [4.78, 5) is 2.77. The summed E-state index contributed by atoms with van der Waals surface area (Å²) >= 11 is 0. The molecule has 2 fully saturated rings. The first-order valence-electron chi connectivity index (χ1n) is 6.80. The van der Waals surface area contributed by atoms with Gasteiger partial charge in [0.15, 0.2) is 0 Å². The second kappa shape index (κ2) is 4.08. The van der Waals surface area contributed by atoms with Crippen molar-refractivity contribution in [3.63, 3.8) is 0 Å². The number of hydrogen-bond donors (Lipinski definition) is 0. The average molecular weight is 209 g/mol. The number of rotatable bonds is 2. The Morgan fingerprint density at radius 3 is 2.07 bits per heavy atom. The van der Waals surface area contributed by atoms with Crippen molar-refractivity contribution in [1.29, 1.82) is 0 Å². The summed E-state index contributed by atoms with van der Waals surface area (Å²) in [5, 5.41) is 0. The number of nitrogens with zero attached hydrogens (tertiary/aromatic N) is 1. The van der Waals surface area contributed by atoms with E-state index < -0.39 is 0 Å². The van der Waals surface area contributed by atoms with Crippen LogP contribution in [0.3, 0.4) is 0 Å². The van der Waals surface area contributed by atoms with E-state index in [-0.39, 0.29) is 0 Å². The van der Waals surface area contributed by atoms with Crippen LogP contribution in [-0.4, -0.2) is 23.5 Å². The number of hydrogen-bond acceptors (Lipinski definition) is 1. The lowest BCUT2D eigenvalue weighted by Gasteiger charge is -2.31. The molecule has 1 heterocycles. The molecule has 1 heteroatoms. The molecule has 0 N–H and O–H groups in total. The molecule has 0 aromatic carbocycles. The lowest BCUT2D eigenvalue weighted by Crippen LogP contribution is -2.38. The van der Waals surface area contributed by atoms with E-state index in [2.05, 4.69) is 32.6 Å². The van der Waals surface area contributed by atoms with E-state index in [1.54, 1.807) is 0 Å². The molecular weight excluding hydrogens is 182 g/mol. The summed E-state index contributed by atoms with van der Waals surface area (Å²) in [7, 11) is 0. The van der Waals surface area contributed by atoms with Crippen LogP contribution in [0.1, 0.15) is 59.8 Å². The predicted molar refractivity (Wildman–Crippen MR) is 66.0 cm³/mol. The molecule has 88 valence electrons. The Balaban J connectivity index is 2.11. The van der Waals surface area contributed by atoms with Crippen LogP contribution in [0.4, 0.5) is 0 Å². The van der Waals surface area contributed by atoms with Crippen LogP contribution in [0.5, 0.6) is 0 Å². The monoisotopic (exact) mass is 209 g/mol. The maximum atomic E-state index is 2.77. The van der Waals surface area contributed by atoms with E-state index in [0.717, 1.165) is 23.4 Å². The van der Waals surface area contributed by atoms with Crippen molar-refractivity contribution in [2.45, 2.75) is 71.9 Å². The fourth-order valence-corrected chi connectivity index (χ4v) is 3.80. The van der Waals surface area contributed by atoms with Gasteiger partial charge in [-0.1, -0.05) is 26.7 Å². The van der Waals surface area contributed by atoms with Gasteiger partial charge in [0.2, 0.25) is 0 Å². The lowest BCUT2D eigenvalue weighted by molar-refractivity contribution is 0.159. The first-order valence-corrected chi connectivity index (χ1v) is 6.80. The first-order chi connectivity index (χ1) is 7.04. The third kappa shape index (κ3) is 2.08. The van der Waals surface area contributed by atoms with Gasteiger partial charge >= 0.3 is 0 Å². The molecule has 1 aliphatic heterocycles. The van der Waals surface area contributed by atoms with Gasteiger partial charge < -0.3 is 0 Å². The molecule has 2 rings (SSSR count). The minimum absolute atomic E-state index is 0.721. The lowest BCUT2D eigenvalue weighted by atomic mass is 9.82. The standard InChI is InChI=1S/C14H27N/c1-11(2)13-9-14(7-5-6-8-14)10-15(13)12(3)4/h11-13H,5-10H2,1-4H3/t13-/m0/s1. The molecule has 0 aromatic heterocycles.